The molecule has 1 heterocycles. The number of nitrogens with two attached hydrogens (primary N) is 1. The molecule has 0 aliphatic carbocycles. The molecule has 2 atom stereocenters. The van der Waals surface area contributed by atoms with E-state index < -0.39 is 12.2 Å². The molecule has 0 bridgehead atoms. The molecule has 2 N–H and O–H groups in total. The van der Waals surface area contributed by atoms with Crippen LogP contribution in [0, 0.1) is 5.92 Å². The van der Waals surface area contributed by atoms with Crippen LogP contribution in [0.2, 0.25) is 0 Å². The summed E-state index contributed by atoms with van der Waals surface area (Å²) in [6, 6.07) is 6.62. The second-order valence-corrected chi connectivity index (χ2v) is 5.09. The van der Waals surface area contributed by atoms with Crippen LogP contribution in [0.15, 0.2) is 30.3 Å². The number of hydrogen-bond acceptors (Lipinski definition) is 2. The van der Waals surface area contributed by atoms with Crippen molar-refractivity contribution < 1.29 is 13.2 Å². The first-order chi connectivity index (χ1) is 9.02. The molecule has 1 aromatic rings. The molecule has 0 amide bonds. The Hall–Kier alpha value is -1.07. The Morgan fingerprint density at radius 1 is 1.26 bits per heavy atom. The molecule has 0 saturated carbocycles. The van der Waals surface area contributed by atoms with Gasteiger partial charge in [-0.05, 0) is 37.4 Å². The summed E-state index contributed by atoms with van der Waals surface area (Å²) in [5.74, 6) is 0.169. The SMILES string of the molecule is NCC1CCCN(C(c2ccccc2)C(F)(F)F)C1. The molecule has 0 spiro atoms. The number of likely N-dealkylation sites (tertiary alicyclic amines) is 1. The molecule has 1 aromatic carbocycles. The lowest BCUT2D eigenvalue weighted by atomic mass is 9.94. The summed E-state index contributed by atoms with van der Waals surface area (Å²) < 4.78 is 40.0. The molecule has 1 aliphatic heterocycles. The van der Waals surface area contributed by atoms with Crippen molar-refractivity contribution in [2.45, 2.75) is 25.1 Å². The first kappa shape index (κ1) is 14.3. The van der Waals surface area contributed by atoms with Crippen LogP contribution in [0.25, 0.3) is 0 Å². The Labute approximate surface area is 111 Å². The van der Waals surface area contributed by atoms with Gasteiger partial charge >= 0.3 is 6.18 Å². The lowest BCUT2D eigenvalue weighted by Gasteiger charge is -2.39. The van der Waals surface area contributed by atoms with Gasteiger partial charge in [0.25, 0.3) is 0 Å². The van der Waals surface area contributed by atoms with Crippen molar-refractivity contribution >= 4 is 0 Å². The van der Waals surface area contributed by atoms with Gasteiger partial charge in [0.1, 0.15) is 6.04 Å². The summed E-state index contributed by atoms with van der Waals surface area (Å²) in [7, 11) is 0. The molecule has 1 aliphatic rings. The molecule has 5 heteroatoms. The van der Waals surface area contributed by atoms with Crippen molar-refractivity contribution in [3.05, 3.63) is 35.9 Å². The zero-order valence-corrected chi connectivity index (χ0v) is 10.7. The summed E-state index contributed by atoms with van der Waals surface area (Å²) >= 11 is 0. The second-order valence-electron chi connectivity index (χ2n) is 5.09. The summed E-state index contributed by atoms with van der Waals surface area (Å²) in [6.45, 7) is 1.36. The lowest BCUT2D eigenvalue weighted by Crippen LogP contribution is -2.45. The van der Waals surface area contributed by atoms with Crippen LogP contribution in [-0.4, -0.2) is 30.7 Å². The molecule has 2 nitrogen and oxygen atoms in total. The van der Waals surface area contributed by atoms with Gasteiger partial charge < -0.3 is 5.73 Å². The maximum atomic E-state index is 13.3. The van der Waals surface area contributed by atoms with Gasteiger partial charge in [0.05, 0.1) is 0 Å². The number of alkyl halides is 3. The molecular weight excluding hydrogens is 253 g/mol. The molecular formula is C14H19F3N2. The largest absolute Gasteiger partial charge is 0.408 e. The molecule has 1 fully saturated rings. The van der Waals surface area contributed by atoms with Crippen molar-refractivity contribution in [1.29, 1.82) is 0 Å². The third kappa shape index (κ3) is 3.48. The van der Waals surface area contributed by atoms with Crippen LogP contribution >= 0.6 is 0 Å². The van der Waals surface area contributed by atoms with Crippen LogP contribution in [0.3, 0.4) is 0 Å². The van der Waals surface area contributed by atoms with Gasteiger partial charge in [-0.2, -0.15) is 13.2 Å². The van der Waals surface area contributed by atoms with Crippen LogP contribution in [-0.2, 0) is 0 Å². The van der Waals surface area contributed by atoms with Crippen LogP contribution < -0.4 is 5.73 Å². The first-order valence-corrected chi connectivity index (χ1v) is 6.58. The van der Waals surface area contributed by atoms with Gasteiger partial charge in [-0.3, -0.25) is 4.90 Å². The third-order valence-electron chi connectivity index (χ3n) is 3.67. The summed E-state index contributed by atoms with van der Waals surface area (Å²) in [5.41, 5.74) is 5.92. The number of benzene rings is 1. The maximum Gasteiger partial charge on any atom is 0.408 e. The standard InChI is InChI=1S/C14H19F3N2/c15-14(16,17)13(12-6-2-1-3-7-12)19-8-4-5-11(9-18)10-19/h1-3,6-7,11,13H,4-5,8-10,18H2. The molecule has 0 radical (unpaired) electrons. The van der Waals surface area contributed by atoms with E-state index in [-0.39, 0.29) is 5.92 Å². The number of piperidine rings is 1. The average molecular weight is 272 g/mol. The maximum absolute atomic E-state index is 13.3. The lowest BCUT2D eigenvalue weighted by molar-refractivity contribution is -0.190. The Morgan fingerprint density at radius 2 is 1.95 bits per heavy atom. The van der Waals surface area contributed by atoms with Crippen LogP contribution in [0.5, 0.6) is 0 Å². The molecule has 106 valence electrons. The first-order valence-electron chi connectivity index (χ1n) is 6.58. The monoisotopic (exact) mass is 272 g/mol. The van der Waals surface area contributed by atoms with E-state index >= 15 is 0 Å². The van der Waals surface area contributed by atoms with Gasteiger partial charge in [0.15, 0.2) is 0 Å². The van der Waals surface area contributed by atoms with Gasteiger partial charge in [-0.25, -0.2) is 0 Å². The second kappa shape index (κ2) is 5.92. The highest BCUT2D eigenvalue weighted by Crippen LogP contribution is 2.39. The van der Waals surface area contributed by atoms with E-state index in [9.17, 15) is 13.2 Å². The number of halogens is 3. The van der Waals surface area contributed by atoms with Crippen molar-refractivity contribution in [1.82, 2.24) is 4.90 Å². The van der Waals surface area contributed by atoms with E-state index in [1.807, 2.05) is 0 Å². The number of nitrogens with zero attached hydrogens (tertiary/aromatic N) is 1. The minimum absolute atomic E-state index is 0.169. The van der Waals surface area contributed by atoms with Gasteiger partial charge in [0, 0.05) is 6.54 Å². The minimum atomic E-state index is -4.25. The number of hydrogen-bond donors (Lipinski definition) is 1. The van der Waals surface area contributed by atoms with E-state index in [4.69, 9.17) is 5.73 Å². The van der Waals surface area contributed by atoms with Crippen molar-refractivity contribution in [3.63, 3.8) is 0 Å². The van der Waals surface area contributed by atoms with Gasteiger partial charge in [-0.1, -0.05) is 30.3 Å². The fourth-order valence-corrected chi connectivity index (χ4v) is 2.77. The van der Waals surface area contributed by atoms with Crippen LogP contribution in [0.1, 0.15) is 24.4 Å². The molecule has 2 unspecified atom stereocenters. The molecule has 1 saturated heterocycles. The van der Waals surface area contributed by atoms with E-state index in [0.29, 0.717) is 25.2 Å². The normalized spacial score (nSPS) is 23.3. The highest BCUT2D eigenvalue weighted by Gasteiger charge is 2.45. The van der Waals surface area contributed by atoms with Crippen molar-refractivity contribution in [3.8, 4) is 0 Å². The fraction of sp³-hybridized carbons (Fsp3) is 0.571. The topological polar surface area (TPSA) is 29.3 Å². The predicted octanol–water partition coefficient (Wildman–Crippen LogP) is 2.96. The highest BCUT2D eigenvalue weighted by molar-refractivity contribution is 5.20. The van der Waals surface area contributed by atoms with Crippen LogP contribution in [0.4, 0.5) is 13.2 Å². The molecule has 19 heavy (non-hydrogen) atoms. The van der Waals surface area contributed by atoms with E-state index in [0.717, 1.165) is 12.8 Å². The Kier molecular flexibility index (Phi) is 4.47. The average Bonchev–Trinajstić information content (AvgIpc) is 2.39. The Bertz CT molecular complexity index is 391. The summed E-state index contributed by atoms with van der Waals surface area (Å²) in [4.78, 5) is 1.52. The minimum Gasteiger partial charge on any atom is -0.330 e. The third-order valence-corrected chi connectivity index (χ3v) is 3.67. The van der Waals surface area contributed by atoms with E-state index in [1.165, 1.54) is 4.90 Å². The van der Waals surface area contributed by atoms with Crippen molar-refractivity contribution in [2.75, 3.05) is 19.6 Å². The van der Waals surface area contributed by atoms with Gasteiger partial charge in [-0.15, -0.1) is 0 Å². The Balaban J connectivity index is 2.24. The predicted molar refractivity (Wildman–Crippen MR) is 68.6 cm³/mol. The summed E-state index contributed by atoms with van der Waals surface area (Å²) in [5, 5.41) is 0. The molecule has 2 rings (SSSR count). The van der Waals surface area contributed by atoms with E-state index in [2.05, 4.69) is 0 Å². The van der Waals surface area contributed by atoms with E-state index in [1.54, 1.807) is 30.3 Å². The quantitative estimate of drug-likeness (QED) is 0.916. The van der Waals surface area contributed by atoms with Crippen molar-refractivity contribution in [2.24, 2.45) is 11.7 Å². The zero-order chi connectivity index (χ0) is 13.9. The molecule has 0 aromatic heterocycles. The van der Waals surface area contributed by atoms with Gasteiger partial charge in [0.2, 0.25) is 0 Å². The smallest absolute Gasteiger partial charge is 0.330 e. The number of rotatable bonds is 3. The fourth-order valence-electron chi connectivity index (χ4n) is 2.77. The Morgan fingerprint density at radius 3 is 2.53 bits per heavy atom. The zero-order valence-electron chi connectivity index (χ0n) is 10.7. The summed E-state index contributed by atoms with van der Waals surface area (Å²) in [6.07, 6.45) is -2.55. The highest BCUT2D eigenvalue weighted by atomic mass is 19.4.